The standard InChI is InChI=1S/C25H31Cl2N3O/c1-5-30-20(13-24(2,3)4)25(14-29-19-12-17(27)9-10-18(19)25)21(22(30)23(28)31)15-7-6-8-16(26)11-15/h6-12,20-22,29H,5,13-14H2,1-4H3,(H2,28,31)/t20-,21-,22+,25-/m0/s1. The number of amides is 1. The number of rotatable bonds is 4. The molecule has 1 fully saturated rings. The van der Waals surface area contributed by atoms with E-state index < -0.39 is 6.04 Å². The van der Waals surface area contributed by atoms with E-state index in [0.717, 1.165) is 30.8 Å². The lowest BCUT2D eigenvalue weighted by atomic mass is 9.63. The van der Waals surface area contributed by atoms with Crippen molar-refractivity contribution in [1.82, 2.24) is 4.90 Å². The zero-order valence-corrected chi connectivity index (χ0v) is 20.1. The zero-order valence-electron chi connectivity index (χ0n) is 18.6. The van der Waals surface area contributed by atoms with E-state index in [1.807, 2.05) is 30.3 Å². The van der Waals surface area contributed by atoms with Crippen LogP contribution in [0.15, 0.2) is 42.5 Å². The van der Waals surface area contributed by atoms with Gasteiger partial charge < -0.3 is 11.1 Å². The van der Waals surface area contributed by atoms with E-state index in [9.17, 15) is 4.79 Å². The fourth-order valence-corrected chi connectivity index (χ4v) is 6.33. The molecule has 6 heteroatoms. The molecule has 4 rings (SSSR count). The van der Waals surface area contributed by atoms with Crippen molar-refractivity contribution >= 4 is 34.8 Å². The molecular formula is C25H31Cl2N3O. The van der Waals surface area contributed by atoms with E-state index >= 15 is 0 Å². The lowest BCUT2D eigenvalue weighted by molar-refractivity contribution is -0.123. The van der Waals surface area contributed by atoms with Gasteiger partial charge in [-0.05, 0) is 53.8 Å². The maximum atomic E-state index is 13.0. The number of anilines is 1. The second-order valence-corrected chi connectivity index (χ2v) is 10.9. The van der Waals surface area contributed by atoms with Crippen LogP contribution in [0.5, 0.6) is 0 Å². The molecular weight excluding hydrogens is 429 g/mol. The van der Waals surface area contributed by atoms with Gasteiger partial charge in [-0.15, -0.1) is 0 Å². The Hall–Kier alpha value is -1.75. The van der Waals surface area contributed by atoms with Crippen LogP contribution in [0.25, 0.3) is 0 Å². The average molecular weight is 460 g/mol. The Morgan fingerprint density at radius 2 is 1.90 bits per heavy atom. The van der Waals surface area contributed by atoms with Crippen LogP contribution < -0.4 is 11.1 Å². The quantitative estimate of drug-likeness (QED) is 0.639. The van der Waals surface area contributed by atoms with Crippen LogP contribution >= 0.6 is 23.2 Å². The number of likely N-dealkylation sites (tertiary alicyclic amines) is 1. The van der Waals surface area contributed by atoms with Crippen molar-refractivity contribution in [2.24, 2.45) is 11.1 Å². The number of carbonyl (C=O) groups is 1. The van der Waals surface area contributed by atoms with Crippen molar-refractivity contribution < 1.29 is 4.79 Å². The first-order valence-corrected chi connectivity index (χ1v) is 11.7. The van der Waals surface area contributed by atoms with Gasteiger partial charge in [-0.2, -0.15) is 0 Å². The fourth-order valence-electron chi connectivity index (χ4n) is 5.95. The Morgan fingerprint density at radius 3 is 2.52 bits per heavy atom. The van der Waals surface area contributed by atoms with Crippen molar-refractivity contribution in [2.75, 3.05) is 18.4 Å². The maximum absolute atomic E-state index is 13.0. The van der Waals surface area contributed by atoms with Gasteiger partial charge in [0.05, 0.1) is 6.04 Å². The van der Waals surface area contributed by atoms with Crippen molar-refractivity contribution in [3.05, 3.63) is 63.6 Å². The molecule has 1 spiro atoms. The molecule has 2 aliphatic heterocycles. The molecule has 0 unspecified atom stereocenters. The summed E-state index contributed by atoms with van der Waals surface area (Å²) in [6.07, 6.45) is 0.936. The SMILES string of the molecule is CCN1[C@@H](CC(C)(C)C)[C@@]2(CNc3cc(Cl)ccc32)[C@@H](c2cccc(Cl)c2)[C@@H]1C(N)=O. The minimum atomic E-state index is -0.417. The summed E-state index contributed by atoms with van der Waals surface area (Å²) in [5.74, 6) is -0.407. The predicted octanol–water partition coefficient (Wildman–Crippen LogP) is 5.43. The monoisotopic (exact) mass is 459 g/mol. The molecule has 2 aromatic rings. The molecule has 0 aliphatic carbocycles. The van der Waals surface area contributed by atoms with E-state index in [0.29, 0.717) is 10.0 Å². The Bertz CT molecular complexity index is 1000. The number of carbonyl (C=O) groups excluding carboxylic acids is 1. The Morgan fingerprint density at radius 1 is 1.19 bits per heavy atom. The van der Waals surface area contributed by atoms with Gasteiger partial charge in [-0.3, -0.25) is 9.69 Å². The number of benzene rings is 2. The third kappa shape index (κ3) is 3.73. The van der Waals surface area contributed by atoms with Gasteiger partial charge in [-0.25, -0.2) is 0 Å². The highest BCUT2D eigenvalue weighted by atomic mass is 35.5. The molecule has 4 atom stereocenters. The molecule has 4 nitrogen and oxygen atoms in total. The number of hydrogen-bond donors (Lipinski definition) is 2. The summed E-state index contributed by atoms with van der Waals surface area (Å²) in [5, 5.41) is 4.98. The topological polar surface area (TPSA) is 58.4 Å². The number of likely N-dealkylation sites (N-methyl/N-ethyl adjacent to an activating group) is 1. The van der Waals surface area contributed by atoms with Gasteiger partial charge >= 0.3 is 0 Å². The van der Waals surface area contributed by atoms with Crippen LogP contribution in [0, 0.1) is 5.41 Å². The van der Waals surface area contributed by atoms with Crippen LogP contribution in [0.1, 0.15) is 51.2 Å². The Labute approximate surface area is 195 Å². The minimum Gasteiger partial charge on any atom is -0.384 e. The molecule has 0 radical (unpaired) electrons. The first kappa shape index (κ1) is 22.4. The van der Waals surface area contributed by atoms with Gasteiger partial charge in [0.2, 0.25) is 5.91 Å². The summed E-state index contributed by atoms with van der Waals surface area (Å²) in [5.41, 5.74) is 9.14. The van der Waals surface area contributed by atoms with E-state index in [1.54, 1.807) is 0 Å². The molecule has 0 saturated carbocycles. The molecule has 2 aromatic carbocycles. The number of nitrogens with two attached hydrogens (primary N) is 1. The van der Waals surface area contributed by atoms with Gasteiger partial charge in [0.1, 0.15) is 0 Å². The van der Waals surface area contributed by atoms with Crippen LogP contribution in [-0.2, 0) is 10.2 Å². The molecule has 1 saturated heterocycles. The van der Waals surface area contributed by atoms with Crippen LogP contribution in [-0.4, -0.2) is 36.0 Å². The molecule has 0 aromatic heterocycles. The summed E-state index contributed by atoms with van der Waals surface area (Å²) in [6.45, 7) is 10.4. The normalized spacial score (nSPS) is 28.0. The number of nitrogens with zero attached hydrogens (tertiary/aromatic N) is 1. The summed E-state index contributed by atoms with van der Waals surface area (Å²) >= 11 is 12.7. The average Bonchev–Trinajstić information content (AvgIpc) is 3.17. The number of fused-ring (bicyclic) bond motifs is 2. The first-order chi connectivity index (χ1) is 14.6. The number of hydrogen-bond acceptors (Lipinski definition) is 3. The van der Waals surface area contributed by atoms with Gasteiger partial charge in [0.15, 0.2) is 0 Å². The van der Waals surface area contributed by atoms with Gasteiger partial charge in [0.25, 0.3) is 0 Å². The number of nitrogens with one attached hydrogen (secondary N) is 1. The van der Waals surface area contributed by atoms with E-state index in [2.05, 4.69) is 50.0 Å². The summed E-state index contributed by atoms with van der Waals surface area (Å²) in [4.78, 5) is 15.3. The Kier molecular flexibility index (Phi) is 5.78. The van der Waals surface area contributed by atoms with Crippen molar-refractivity contribution in [2.45, 2.75) is 57.5 Å². The smallest absolute Gasteiger partial charge is 0.235 e. The summed E-state index contributed by atoms with van der Waals surface area (Å²) < 4.78 is 0. The van der Waals surface area contributed by atoms with Crippen molar-refractivity contribution in [1.29, 1.82) is 0 Å². The predicted molar refractivity (Wildman–Crippen MR) is 129 cm³/mol. The fraction of sp³-hybridized carbons (Fsp3) is 0.480. The second kappa shape index (κ2) is 7.99. The van der Waals surface area contributed by atoms with E-state index in [1.165, 1.54) is 5.56 Å². The highest BCUT2D eigenvalue weighted by Crippen LogP contribution is 2.59. The van der Waals surface area contributed by atoms with Crippen LogP contribution in [0.4, 0.5) is 5.69 Å². The highest BCUT2D eigenvalue weighted by molar-refractivity contribution is 6.31. The Balaban J connectivity index is 2.01. The van der Waals surface area contributed by atoms with E-state index in [4.69, 9.17) is 28.9 Å². The third-order valence-corrected chi connectivity index (χ3v) is 7.42. The summed E-state index contributed by atoms with van der Waals surface area (Å²) in [7, 11) is 0. The number of halogens is 2. The zero-order chi connectivity index (χ0) is 22.6. The summed E-state index contributed by atoms with van der Waals surface area (Å²) in [6, 6.07) is 13.7. The maximum Gasteiger partial charge on any atom is 0.235 e. The molecule has 2 aliphatic rings. The molecule has 0 bridgehead atoms. The third-order valence-electron chi connectivity index (χ3n) is 6.95. The van der Waals surface area contributed by atoms with Crippen LogP contribution in [0.3, 0.4) is 0 Å². The molecule has 3 N–H and O–H groups in total. The van der Waals surface area contributed by atoms with E-state index in [-0.39, 0.29) is 28.7 Å². The molecule has 166 valence electrons. The number of primary amides is 1. The lowest BCUT2D eigenvalue weighted by Gasteiger charge is -2.41. The molecule has 31 heavy (non-hydrogen) atoms. The second-order valence-electron chi connectivity index (χ2n) is 10.1. The van der Waals surface area contributed by atoms with Gasteiger partial charge in [-0.1, -0.05) is 69.1 Å². The molecule has 2 heterocycles. The van der Waals surface area contributed by atoms with Crippen molar-refractivity contribution in [3.63, 3.8) is 0 Å². The van der Waals surface area contributed by atoms with Crippen LogP contribution in [0.2, 0.25) is 10.0 Å². The highest BCUT2D eigenvalue weighted by Gasteiger charge is 2.63. The lowest BCUT2D eigenvalue weighted by Crippen LogP contribution is -2.48. The molecule has 1 amide bonds. The van der Waals surface area contributed by atoms with Crippen molar-refractivity contribution in [3.8, 4) is 0 Å². The largest absolute Gasteiger partial charge is 0.384 e. The van der Waals surface area contributed by atoms with Gasteiger partial charge in [0, 0.05) is 39.7 Å². The first-order valence-electron chi connectivity index (χ1n) is 10.9. The minimum absolute atomic E-state index is 0.0751.